The van der Waals surface area contributed by atoms with Crippen molar-refractivity contribution in [3.63, 3.8) is 0 Å². The molecule has 6 saturated carbocycles. The maximum Gasteiger partial charge on any atom is 0.306 e. The van der Waals surface area contributed by atoms with Gasteiger partial charge in [0.1, 0.15) is 12.2 Å². The summed E-state index contributed by atoms with van der Waals surface area (Å²) in [5.74, 6) is -5.93. The Labute approximate surface area is 380 Å². The standard InChI is InChI=1S/C25H31F3O5S.C24H29FO6/c1-5-20(31)33-25(21(32)34-12-26)13(2)8-15-16-10-18(27)17-9-14(29)6-7-22(17,3)24(16,28)19(30)11-23(15,25)4;1-13-9-18-17-6-5-15-10-16(27)7-8-21(15,3)23(17,25)19(28)11-22(18,4)24(13,30)20(29)12-31-14(2)26/h6-7,9,13,15-16,18-19,30H,5,8,10-12H2,1-4H3;7-8,10,17-19,28,30H,1,5-6,9,11-12H2,2-4H3/t13-,15+,16+,18+,19+,22+,23+,24+,25+;17?,18?,19?,21?,22?,23-,24-/m10/s1. The molecule has 0 aromatic carbocycles. The zero-order valence-electron chi connectivity index (χ0n) is 37.9. The van der Waals surface area contributed by atoms with Crippen molar-refractivity contribution in [2.45, 2.75) is 141 Å². The van der Waals surface area contributed by atoms with Crippen LogP contribution in [0.1, 0.15) is 99.8 Å². The van der Waals surface area contributed by atoms with Gasteiger partial charge in [-0.25, -0.2) is 17.6 Å². The number of rotatable bonds is 7. The second-order valence-electron chi connectivity index (χ2n) is 20.6. The average molecular weight is 933 g/mol. The molecule has 0 aliphatic heterocycles. The summed E-state index contributed by atoms with van der Waals surface area (Å²) in [6.45, 7) is 14.3. The van der Waals surface area contributed by atoms with Gasteiger partial charge in [0.15, 0.2) is 40.7 Å². The van der Waals surface area contributed by atoms with Crippen LogP contribution in [0.3, 0.4) is 0 Å². The van der Waals surface area contributed by atoms with Gasteiger partial charge >= 0.3 is 11.9 Å². The first-order valence-electron chi connectivity index (χ1n) is 22.4. The fourth-order valence-corrected chi connectivity index (χ4v) is 15.4. The SMILES string of the molecule is C=C1CC2C3CCC4=CC(=O)C=CC4(C)[C@@]3(F)C(O)CC2(C)[C@@]1(O)C(=O)COC(C)=O.CCC(=O)O[C@]1(C(=O)SCF)[C@H](C)C[C@H]2[C@@H]3C[C@H](F)C4=CC(=O)C=C[C@]4(C)[C@@]3(F)[C@@H](O)C[C@@]21C. The van der Waals surface area contributed by atoms with Gasteiger partial charge in [-0.1, -0.05) is 52.0 Å². The van der Waals surface area contributed by atoms with E-state index in [1.54, 1.807) is 40.7 Å². The first kappa shape index (κ1) is 49.2. The summed E-state index contributed by atoms with van der Waals surface area (Å²) in [5.41, 5.74) is -12.3. The Morgan fingerprint density at radius 2 is 1.46 bits per heavy atom. The molecule has 8 aliphatic rings. The minimum absolute atomic E-state index is 0.0141. The van der Waals surface area contributed by atoms with Gasteiger partial charge in [-0.05, 0) is 118 Å². The summed E-state index contributed by atoms with van der Waals surface area (Å²) in [5, 5.41) is 33.5. The third-order valence-corrected chi connectivity index (χ3v) is 18.5. The molecule has 0 aromatic heterocycles. The maximum atomic E-state index is 17.2. The zero-order valence-corrected chi connectivity index (χ0v) is 38.7. The molecule has 0 aromatic rings. The van der Waals surface area contributed by atoms with Gasteiger partial charge in [0.05, 0.1) is 12.2 Å². The lowest BCUT2D eigenvalue weighted by Gasteiger charge is -2.63. The highest BCUT2D eigenvalue weighted by Crippen LogP contribution is 2.73. The number of carbonyl (C=O) groups excluding carboxylic acids is 6. The fourth-order valence-electron chi connectivity index (χ4n) is 14.6. The van der Waals surface area contributed by atoms with Crippen LogP contribution in [0.25, 0.3) is 0 Å². The molecule has 65 heavy (non-hydrogen) atoms. The van der Waals surface area contributed by atoms with Gasteiger partial charge < -0.3 is 24.8 Å². The minimum atomic E-state index is -2.30. The average Bonchev–Trinajstić information content (AvgIpc) is 3.58. The molecule has 6 fully saturated rings. The van der Waals surface area contributed by atoms with Gasteiger partial charge in [0.25, 0.3) is 0 Å². The van der Waals surface area contributed by atoms with Crippen molar-refractivity contribution in [3.8, 4) is 0 Å². The molecule has 8 aliphatic carbocycles. The Hall–Kier alpha value is -3.73. The molecule has 0 radical (unpaired) electrons. The second kappa shape index (κ2) is 16.2. The summed E-state index contributed by atoms with van der Waals surface area (Å²) in [7, 11) is 0. The van der Waals surface area contributed by atoms with Crippen molar-refractivity contribution >= 4 is 46.2 Å². The number of aliphatic hydroxyl groups is 3. The molecule has 3 N–H and O–H groups in total. The molecule has 5 unspecified atom stereocenters. The Bertz CT molecular complexity index is 2240. The topological polar surface area (TPSA) is 182 Å². The molecule has 0 amide bonds. The molecule has 11 nitrogen and oxygen atoms in total. The van der Waals surface area contributed by atoms with Crippen LogP contribution in [0.15, 0.2) is 59.8 Å². The van der Waals surface area contributed by atoms with Gasteiger partial charge in [-0.15, -0.1) is 0 Å². The Balaban J connectivity index is 0.000000195. The van der Waals surface area contributed by atoms with Crippen molar-refractivity contribution in [1.29, 1.82) is 0 Å². The van der Waals surface area contributed by atoms with E-state index in [2.05, 4.69) is 6.58 Å². The van der Waals surface area contributed by atoms with Crippen LogP contribution in [0, 0.1) is 51.2 Å². The number of esters is 2. The van der Waals surface area contributed by atoms with Gasteiger partial charge in [-0.3, -0.25) is 28.8 Å². The van der Waals surface area contributed by atoms with Crippen LogP contribution in [-0.2, 0) is 38.2 Å². The molecule has 8 rings (SSSR count). The maximum absolute atomic E-state index is 17.2. The number of aliphatic hydroxyl groups excluding tert-OH is 2. The predicted molar refractivity (Wildman–Crippen MR) is 230 cm³/mol. The normalized spacial score (nSPS) is 46.7. The fraction of sp³-hybridized carbons (Fsp3) is 0.673. The number of fused-ring (bicyclic) bond motifs is 10. The number of Topliss-reactive ketones (excluding diaryl/α,β-unsaturated/α-hetero) is 1. The smallest absolute Gasteiger partial charge is 0.306 e. The van der Waals surface area contributed by atoms with Gasteiger partial charge in [0, 0.05) is 52.8 Å². The monoisotopic (exact) mass is 932 g/mol. The molecule has 0 saturated heterocycles. The molecular formula is C49H60F4O11S. The first-order valence-corrected chi connectivity index (χ1v) is 23.4. The van der Waals surface area contributed by atoms with E-state index < -0.39 is 133 Å². The van der Waals surface area contributed by atoms with Crippen LogP contribution in [-0.4, -0.2) is 103 Å². The number of hydrogen-bond donors (Lipinski definition) is 3. The highest BCUT2D eigenvalue weighted by molar-refractivity contribution is 8.13. The predicted octanol–water partition coefficient (Wildman–Crippen LogP) is 6.82. The minimum Gasteiger partial charge on any atom is -0.458 e. The number of alkyl halides is 4. The Morgan fingerprint density at radius 1 is 0.877 bits per heavy atom. The van der Waals surface area contributed by atoms with E-state index in [4.69, 9.17) is 9.47 Å². The molecular weight excluding hydrogens is 873 g/mol. The van der Waals surface area contributed by atoms with Crippen molar-refractivity contribution < 1.29 is 71.1 Å². The number of ketones is 3. The quantitative estimate of drug-likeness (QED) is 0.138. The van der Waals surface area contributed by atoms with E-state index in [1.165, 1.54) is 38.2 Å². The van der Waals surface area contributed by atoms with Crippen LogP contribution in [0.2, 0.25) is 0 Å². The summed E-state index contributed by atoms with van der Waals surface area (Å²) in [6, 6.07) is -1.02. The van der Waals surface area contributed by atoms with Crippen molar-refractivity contribution in [3.05, 3.63) is 59.8 Å². The lowest BCUT2D eigenvalue weighted by atomic mass is 9.44. The molecule has 0 spiro atoms. The van der Waals surface area contributed by atoms with Crippen LogP contribution < -0.4 is 0 Å². The third-order valence-electron chi connectivity index (χ3n) is 17.9. The van der Waals surface area contributed by atoms with E-state index in [0.717, 1.165) is 6.08 Å². The molecule has 0 heterocycles. The molecule has 0 bridgehead atoms. The Morgan fingerprint density at radius 3 is 2.06 bits per heavy atom. The van der Waals surface area contributed by atoms with Gasteiger partial charge in [-0.2, -0.15) is 0 Å². The number of halogens is 4. The van der Waals surface area contributed by atoms with Gasteiger partial charge in [0.2, 0.25) is 10.9 Å². The summed E-state index contributed by atoms with van der Waals surface area (Å²) in [6.07, 6.45) is 4.02. The first-order chi connectivity index (χ1) is 30.1. The number of carbonyl (C=O) groups is 6. The van der Waals surface area contributed by atoms with Crippen molar-refractivity contribution in [2.75, 3.05) is 12.6 Å². The summed E-state index contributed by atoms with van der Waals surface area (Å²) >= 11 is 0.396. The van der Waals surface area contributed by atoms with E-state index in [9.17, 15) is 48.5 Å². The van der Waals surface area contributed by atoms with Crippen molar-refractivity contribution in [1.82, 2.24) is 0 Å². The number of thioether (sulfide) groups is 1. The Kier molecular flexibility index (Phi) is 12.3. The highest BCUT2D eigenvalue weighted by Gasteiger charge is 2.79. The second-order valence-corrected chi connectivity index (χ2v) is 21.5. The van der Waals surface area contributed by atoms with Crippen LogP contribution >= 0.6 is 11.8 Å². The summed E-state index contributed by atoms with van der Waals surface area (Å²) < 4.78 is 73.6. The molecule has 16 atom stereocenters. The number of ether oxygens (including phenoxy) is 2. The lowest BCUT2D eigenvalue weighted by Crippen LogP contribution is -2.70. The zero-order chi connectivity index (χ0) is 48.2. The number of hydrogen-bond acceptors (Lipinski definition) is 12. The molecule has 356 valence electrons. The summed E-state index contributed by atoms with van der Waals surface area (Å²) in [4.78, 5) is 73.8. The van der Waals surface area contributed by atoms with E-state index >= 15 is 13.2 Å². The van der Waals surface area contributed by atoms with Crippen LogP contribution in [0.4, 0.5) is 17.6 Å². The van der Waals surface area contributed by atoms with E-state index in [1.807, 2.05) is 0 Å². The largest absolute Gasteiger partial charge is 0.458 e. The lowest BCUT2D eigenvalue weighted by molar-refractivity contribution is -0.228. The highest BCUT2D eigenvalue weighted by atomic mass is 32.2. The van der Waals surface area contributed by atoms with Crippen molar-refractivity contribution in [2.24, 2.45) is 51.2 Å². The molecule has 16 heteroatoms. The third kappa shape index (κ3) is 6.44. The van der Waals surface area contributed by atoms with E-state index in [0.29, 0.717) is 30.2 Å². The van der Waals surface area contributed by atoms with Crippen LogP contribution in [0.5, 0.6) is 0 Å². The number of allylic oxidation sites excluding steroid dienone is 8. The van der Waals surface area contributed by atoms with E-state index in [-0.39, 0.29) is 55.5 Å².